The number of hydrogen-bond donors (Lipinski definition) is 3. The van der Waals surface area contributed by atoms with E-state index in [1.54, 1.807) is 0 Å². The van der Waals surface area contributed by atoms with Gasteiger partial charge in [-0.25, -0.2) is 0 Å². The van der Waals surface area contributed by atoms with Gasteiger partial charge >= 0.3 is 29.8 Å². The molecular weight excluding hydrogens is 1230 g/mol. The minimum absolute atomic E-state index is 0.181. The number of hydrogen-bond acceptors (Lipinski definition) is 13. The Morgan fingerprint density at radius 3 is 0.827 bits per heavy atom. The Morgan fingerprint density at radius 2 is 0.551 bits per heavy atom. The van der Waals surface area contributed by atoms with Crippen LogP contribution in [0.4, 0.5) is 0 Å². The van der Waals surface area contributed by atoms with E-state index in [0.717, 1.165) is 121 Å². The van der Waals surface area contributed by atoms with Crippen molar-refractivity contribution in [2.45, 2.75) is 426 Å². The SMILES string of the molecule is CCCCCCCCCCCCCCCCCC(=O)OCC(CO)(COC(=O)CCCCCCCCCCCCCCCCC)COC(=O)CCCCCCCC1=CCC(CCCCCC)CC1C(=O)OCC(CO)(CO)COC(=O)CCCCCCCCCCCCCCCCC. The number of ether oxygens (including phenoxy) is 5. The van der Waals surface area contributed by atoms with Crippen LogP contribution in [-0.4, -0.2) is 98.0 Å². The molecule has 2 unspecified atom stereocenters. The molecule has 1 rings (SSSR count). The van der Waals surface area contributed by atoms with Crippen molar-refractivity contribution in [2.24, 2.45) is 22.7 Å². The highest BCUT2D eigenvalue weighted by molar-refractivity contribution is 5.76. The molecule has 0 saturated heterocycles. The summed E-state index contributed by atoms with van der Waals surface area (Å²) >= 11 is 0. The van der Waals surface area contributed by atoms with Gasteiger partial charge in [-0.1, -0.05) is 360 Å². The van der Waals surface area contributed by atoms with Crippen LogP contribution in [0.5, 0.6) is 0 Å². The zero-order valence-electron chi connectivity index (χ0n) is 64.7. The largest absolute Gasteiger partial charge is 0.465 e. The van der Waals surface area contributed by atoms with Crippen molar-refractivity contribution < 1.29 is 63.0 Å². The highest BCUT2D eigenvalue weighted by Gasteiger charge is 2.37. The summed E-state index contributed by atoms with van der Waals surface area (Å²) in [6.07, 6.45) is 71.0. The fraction of sp³-hybridized carbons (Fsp3) is 0.918. The molecule has 0 aliphatic heterocycles. The van der Waals surface area contributed by atoms with Gasteiger partial charge < -0.3 is 39.0 Å². The summed E-state index contributed by atoms with van der Waals surface area (Å²) in [5.41, 5.74) is -1.51. The molecule has 0 bridgehead atoms. The molecule has 2 atom stereocenters. The average molecular weight is 1390 g/mol. The van der Waals surface area contributed by atoms with E-state index in [2.05, 4.69) is 33.8 Å². The summed E-state index contributed by atoms with van der Waals surface area (Å²) in [6.45, 7) is 6.34. The number of allylic oxidation sites excluding steroid dienone is 1. The summed E-state index contributed by atoms with van der Waals surface area (Å²) in [4.78, 5) is 66.3. The third-order valence-corrected chi connectivity index (χ3v) is 21.0. The van der Waals surface area contributed by atoms with Crippen LogP contribution in [0.1, 0.15) is 426 Å². The van der Waals surface area contributed by atoms with Crippen molar-refractivity contribution in [1.29, 1.82) is 0 Å². The minimum Gasteiger partial charge on any atom is -0.465 e. The molecule has 3 N–H and O–H groups in total. The maximum Gasteiger partial charge on any atom is 0.313 e. The molecule has 0 radical (unpaired) electrons. The van der Waals surface area contributed by atoms with Gasteiger partial charge in [-0.3, -0.25) is 24.0 Å². The Labute approximate surface area is 602 Å². The van der Waals surface area contributed by atoms with Gasteiger partial charge in [-0.2, -0.15) is 0 Å². The lowest BCUT2D eigenvalue weighted by molar-refractivity contribution is -0.166. The van der Waals surface area contributed by atoms with Crippen LogP contribution in [-0.2, 0) is 47.7 Å². The van der Waals surface area contributed by atoms with Crippen molar-refractivity contribution >= 4 is 29.8 Å². The smallest absolute Gasteiger partial charge is 0.313 e. The number of esters is 5. The van der Waals surface area contributed by atoms with Crippen LogP contribution in [0.15, 0.2) is 11.6 Å². The second kappa shape index (κ2) is 68.4. The summed E-state index contributed by atoms with van der Waals surface area (Å²) in [5, 5.41) is 31.8. The molecule has 576 valence electrons. The van der Waals surface area contributed by atoms with Gasteiger partial charge in [0.1, 0.15) is 33.0 Å². The van der Waals surface area contributed by atoms with Crippen molar-refractivity contribution in [2.75, 3.05) is 52.9 Å². The predicted octanol–water partition coefficient (Wildman–Crippen LogP) is 23.1. The van der Waals surface area contributed by atoms with Crippen LogP contribution in [0.25, 0.3) is 0 Å². The zero-order valence-corrected chi connectivity index (χ0v) is 64.7. The van der Waals surface area contributed by atoms with Crippen LogP contribution >= 0.6 is 0 Å². The molecular formula is C85H158O13. The summed E-state index contributed by atoms with van der Waals surface area (Å²) in [6, 6.07) is 0. The Kier molecular flexibility index (Phi) is 64.9. The van der Waals surface area contributed by atoms with Gasteiger partial charge in [-0.15, -0.1) is 0 Å². The molecule has 0 aromatic rings. The quantitative estimate of drug-likeness (QED) is 0.0226. The Bertz CT molecular complexity index is 1810. The van der Waals surface area contributed by atoms with Crippen molar-refractivity contribution in [3.8, 4) is 0 Å². The number of aliphatic hydroxyl groups excluding tert-OH is 3. The van der Waals surface area contributed by atoms with E-state index in [1.165, 1.54) is 244 Å². The predicted molar refractivity (Wildman–Crippen MR) is 405 cm³/mol. The molecule has 0 spiro atoms. The maximum absolute atomic E-state index is 14.0. The normalized spacial score (nSPS) is 14.2. The number of carbonyl (C=O) groups is 5. The topological polar surface area (TPSA) is 192 Å². The third kappa shape index (κ3) is 54.6. The first-order chi connectivity index (χ1) is 48.0. The average Bonchev–Trinajstić information content (AvgIpc) is 0.851. The van der Waals surface area contributed by atoms with E-state index in [-0.39, 0.29) is 82.6 Å². The highest BCUT2D eigenvalue weighted by atomic mass is 16.6. The third-order valence-electron chi connectivity index (χ3n) is 21.0. The van der Waals surface area contributed by atoms with E-state index < -0.39 is 42.5 Å². The molecule has 0 amide bonds. The summed E-state index contributed by atoms with van der Waals surface area (Å²) in [7, 11) is 0. The molecule has 0 aromatic heterocycles. The minimum atomic E-state index is -1.30. The molecule has 0 saturated carbocycles. The Hall–Kier alpha value is -3.03. The van der Waals surface area contributed by atoms with Crippen LogP contribution in [0.2, 0.25) is 0 Å². The number of unbranched alkanes of at least 4 members (excludes halogenated alkanes) is 49. The van der Waals surface area contributed by atoms with Gasteiger partial charge in [0, 0.05) is 25.7 Å². The lowest BCUT2D eigenvalue weighted by Crippen LogP contribution is -2.42. The number of aliphatic hydroxyl groups is 3. The second-order valence-electron chi connectivity index (χ2n) is 30.6. The zero-order chi connectivity index (χ0) is 71.4. The monoisotopic (exact) mass is 1390 g/mol. The molecule has 13 heteroatoms. The summed E-state index contributed by atoms with van der Waals surface area (Å²) < 4.78 is 28.8. The van der Waals surface area contributed by atoms with Crippen LogP contribution in [0.3, 0.4) is 0 Å². The number of carbonyl (C=O) groups excluding carboxylic acids is 5. The molecule has 13 nitrogen and oxygen atoms in total. The highest BCUT2D eigenvalue weighted by Crippen LogP contribution is 2.37. The first-order valence-corrected chi connectivity index (χ1v) is 42.3. The summed E-state index contributed by atoms with van der Waals surface area (Å²) in [5.74, 6) is -1.96. The van der Waals surface area contributed by atoms with E-state index in [9.17, 15) is 39.3 Å². The molecule has 1 aliphatic carbocycles. The lowest BCUT2D eigenvalue weighted by atomic mass is 9.77. The molecule has 0 heterocycles. The molecule has 1 aliphatic rings. The van der Waals surface area contributed by atoms with Crippen molar-refractivity contribution in [1.82, 2.24) is 0 Å². The van der Waals surface area contributed by atoms with Gasteiger partial charge in [0.2, 0.25) is 0 Å². The molecule has 0 aromatic carbocycles. The van der Waals surface area contributed by atoms with E-state index in [0.29, 0.717) is 18.8 Å². The first-order valence-electron chi connectivity index (χ1n) is 42.3. The molecule has 98 heavy (non-hydrogen) atoms. The van der Waals surface area contributed by atoms with E-state index in [4.69, 9.17) is 23.7 Å². The lowest BCUT2D eigenvalue weighted by Gasteiger charge is -2.32. The maximum atomic E-state index is 14.0. The fourth-order valence-electron chi connectivity index (χ4n) is 13.8. The first kappa shape index (κ1) is 93.0. The molecule has 0 fully saturated rings. The number of rotatable bonds is 75. The van der Waals surface area contributed by atoms with Crippen molar-refractivity contribution in [3.63, 3.8) is 0 Å². The van der Waals surface area contributed by atoms with Gasteiger partial charge in [0.05, 0.1) is 36.6 Å². The Morgan fingerprint density at radius 1 is 0.316 bits per heavy atom. The van der Waals surface area contributed by atoms with Crippen molar-refractivity contribution in [3.05, 3.63) is 11.6 Å². The van der Waals surface area contributed by atoms with Crippen LogP contribution < -0.4 is 0 Å². The van der Waals surface area contributed by atoms with E-state index >= 15 is 0 Å². The van der Waals surface area contributed by atoms with Crippen LogP contribution in [0, 0.1) is 22.7 Å². The van der Waals surface area contributed by atoms with E-state index in [1.807, 2.05) is 0 Å². The van der Waals surface area contributed by atoms with Gasteiger partial charge in [-0.05, 0) is 57.3 Å². The standard InChI is InChI=1S/C85H158O13/c1-5-9-13-17-20-23-26-29-32-35-38-41-44-49-55-61-79(89)94-71-84(68-86,69-87)72-98-83(93)78-67-76(59-53-16-12-8-4)65-66-77(78)60-54-48-47-52-58-64-82(92)97-75-85(70-88,73-95-80(90)62-56-50-45-42-39-36-33-30-27-24-21-18-14-10-6-2)74-96-81(91)63-57-51-46-43-40-37-34-31-28-25-22-19-15-11-7-3/h66,76,78,86-88H,5-65,67-75H2,1-4H3. The Balaban J connectivity index is 2.69. The van der Waals surface area contributed by atoms with Gasteiger partial charge in [0.25, 0.3) is 0 Å². The van der Waals surface area contributed by atoms with Gasteiger partial charge in [0.15, 0.2) is 0 Å². The fourth-order valence-corrected chi connectivity index (χ4v) is 13.8. The second-order valence-corrected chi connectivity index (χ2v) is 30.6.